The molecule has 1 aliphatic heterocycles. The van der Waals surface area contributed by atoms with Crippen molar-refractivity contribution in [1.82, 2.24) is 19.7 Å². The van der Waals surface area contributed by atoms with Gasteiger partial charge in [0.15, 0.2) is 12.0 Å². The van der Waals surface area contributed by atoms with E-state index in [1.165, 1.54) is 12.1 Å². The Morgan fingerprint density at radius 3 is 2.76 bits per heavy atom. The number of aromatic nitrogens is 4. The molecule has 0 fully saturated rings. The number of amides is 1. The van der Waals surface area contributed by atoms with E-state index in [1.807, 2.05) is 26.8 Å². The summed E-state index contributed by atoms with van der Waals surface area (Å²) in [5.41, 5.74) is 1.14. The van der Waals surface area contributed by atoms with Gasteiger partial charge in [-0.05, 0) is 24.3 Å². The topological polar surface area (TPSA) is 96.2 Å². The molecule has 1 aliphatic rings. The van der Waals surface area contributed by atoms with Crippen LogP contribution in [0.15, 0.2) is 42.7 Å². The van der Waals surface area contributed by atoms with Crippen LogP contribution in [-0.4, -0.2) is 37.3 Å². The van der Waals surface area contributed by atoms with Crippen molar-refractivity contribution in [1.29, 1.82) is 0 Å². The quantitative estimate of drug-likeness (QED) is 0.706. The highest BCUT2D eigenvalue weighted by Gasteiger charge is 2.34. The molecule has 1 atom stereocenters. The molecule has 4 heterocycles. The van der Waals surface area contributed by atoms with Crippen LogP contribution >= 0.6 is 0 Å². The first kappa shape index (κ1) is 19.0. The van der Waals surface area contributed by atoms with Gasteiger partial charge in [0.05, 0.1) is 11.9 Å². The fourth-order valence-corrected chi connectivity index (χ4v) is 3.13. The number of fused-ring (bicyclic) bond motifs is 3. The lowest BCUT2D eigenvalue weighted by Crippen LogP contribution is -2.40. The van der Waals surface area contributed by atoms with Crippen LogP contribution in [0.25, 0.3) is 5.82 Å². The molecule has 4 rings (SSSR count). The molecule has 3 aromatic rings. The summed E-state index contributed by atoms with van der Waals surface area (Å²) in [5, 5.41) is 18.2. The summed E-state index contributed by atoms with van der Waals surface area (Å²) in [6.45, 7) is 5.96. The van der Waals surface area contributed by atoms with Gasteiger partial charge >= 0.3 is 0 Å². The maximum absolute atomic E-state index is 13.0. The molecule has 0 aliphatic carbocycles. The molecule has 3 aromatic heterocycles. The number of hydrogen-bond donors (Lipinski definition) is 2. The molecule has 2 N–H and O–H groups in total. The van der Waals surface area contributed by atoms with E-state index >= 15 is 0 Å². The SMILES string of the molecule is CC(C)(C)c1cc2n(n1)-c1ncccc1C(O)N2CC(=O)Nc1ccc(F)cn1. The van der Waals surface area contributed by atoms with E-state index < -0.39 is 18.0 Å². The minimum absolute atomic E-state index is 0.149. The van der Waals surface area contributed by atoms with Gasteiger partial charge < -0.3 is 15.3 Å². The molecule has 0 bridgehead atoms. The van der Waals surface area contributed by atoms with Crippen molar-refractivity contribution >= 4 is 17.5 Å². The average Bonchev–Trinajstić information content (AvgIpc) is 3.13. The molecule has 0 aromatic carbocycles. The number of halogens is 1. The maximum Gasteiger partial charge on any atom is 0.245 e. The van der Waals surface area contributed by atoms with E-state index in [4.69, 9.17) is 0 Å². The third kappa shape index (κ3) is 3.56. The molecule has 1 amide bonds. The molecule has 0 saturated heterocycles. The van der Waals surface area contributed by atoms with Crippen molar-refractivity contribution in [3.8, 4) is 5.82 Å². The Morgan fingerprint density at radius 2 is 2.07 bits per heavy atom. The number of pyridine rings is 2. The van der Waals surface area contributed by atoms with Gasteiger partial charge in [-0.3, -0.25) is 4.79 Å². The Bertz CT molecular complexity index is 1060. The van der Waals surface area contributed by atoms with Crippen molar-refractivity contribution in [2.45, 2.75) is 32.4 Å². The highest BCUT2D eigenvalue weighted by molar-refractivity contribution is 5.93. The average molecular weight is 396 g/mol. The van der Waals surface area contributed by atoms with Crippen molar-refractivity contribution in [3.05, 3.63) is 59.8 Å². The zero-order valence-corrected chi connectivity index (χ0v) is 16.3. The fourth-order valence-electron chi connectivity index (χ4n) is 3.13. The predicted octanol–water partition coefficient (Wildman–Crippen LogP) is 2.55. The molecule has 0 saturated carbocycles. The van der Waals surface area contributed by atoms with E-state index in [-0.39, 0.29) is 17.8 Å². The van der Waals surface area contributed by atoms with Crippen LogP contribution in [0.4, 0.5) is 16.0 Å². The van der Waals surface area contributed by atoms with E-state index in [2.05, 4.69) is 20.4 Å². The molecule has 1 unspecified atom stereocenters. The Kier molecular flexibility index (Phi) is 4.54. The number of aliphatic hydroxyl groups is 1. The highest BCUT2D eigenvalue weighted by Crippen LogP contribution is 2.37. The second-order valence-electron chi connectivity index (χ2n) is 7.88. The van der Waals surface area contributed by atoms with Gasteiger partial charge in [0.25, 0.3) is 0 Å². The first-order valence-electron chi connectivity index (χ1n) is 9.16. The summed E-state index contributed by atoms with van der Waals surface area (Å²) in [6, 6.07) is 7.92. The summed E-state index contributed by atoms with van der Waals surface area (Å²) >= 11 is 0. The smallest absolute Gasteiger partial charge is 0.245 e. The van der Waals surface area contributed by atoms with Gasteiger partial charge in [0, 0.05) is 23.2 Å². The number of carbonyl (C=O) groups is 1. The number of hydrogen-bond acceptors (Lipinski definition) is 6. The molecule has 29 heavy (non-hydrogen) atoms. The maximum atomic E-state index is 13.0. The van der Waals surface area contributed by atoms with Gasteiger partial charge in [-0.1, -0.05) is 20.8 Å². The van der Waals surface area contributed by atoms with Crippen LogP contribution in [0.2, 0.25) is 0 Å². The molecule has 8 nitrogen and oxygen atoms in total. The van der Waals surface area contributed by atoms with Crippen LogP contribution < -0.4 is 10.2 Å². The van der Waals surface area contributed by atoms with E-state index in [0.717, 1.165) is 11.9 Å². The first-order chi connectivity index (χ1) is 13.7. The van der Waals surface area contributed by atoms with Gasteiger partial charge in [0.2, 0.25) is 5.91 Å². The third-order valence-electron chi connectivity index (χ3n) is 4.65. The van der Waals surface area contributed by atoms with Crippen molar-refractivity contribution in [2.75, 3.05) is 16.8 Å². The summed E-state index contributed by atoms with van der Waals surface area (Å²) in [7, 11) is 0. The molecular formula is C20H21FN6O2. The van der Waals surface area contributed by atoms with Crippen LogP contribution in [0.5, 0.6) is 0 Å². The normalized spacial score (nSPS) is 15.6. The minimum atomic E-state index is -1.07. The molecular weight excluding hydrogens is 375 g/mol. The van der Waals surface area contributed by atoms with E-state index in [0.29, 0.717) is 17.2 Å². The lowest BCUT2D eigenvalue weighted by Gasteiger charge is -2.34. The molecule has 9 heteroatoms. The molecule has 0 spiro atoms. The zero-order valence-electron chi connectivity index (χ0n) is 16.3. The Morgan fingerprint density at radius 1 is 1.28 bits per heavy atom. The molecule has 0 radical (unpaired) electrons. The number of aliphatic hydroxyl groups excluding tert-OH is 1. The predicted molar refractivity (Wildman–Crippen MR) is 105 cm³/mol. The van der Waals surface area contributed by atoms with Crippen LogP contribution in [0.1, 0.15) is 38.3 Å². The highest BCUT2D eigenvalue weighted by atomic mass is 19.1. The van der Waals surface area contributed by atoms with Crippen molar-refractivity contribution in [2.24, 2.45) is 0 Å². The van der Waals surface area contributed by atoms with Gasteiger partial charge in [-0.25, -0.2) is 14.4 Å². The Hall–Kier alpha value is -3.33. The number of carbonyl (C=O) groups excluding carboxylic acids is 1. The fraction of sp³-hybridized carbons (Fsp3) is 0.300. The van der Waals surface area contributed by atoms with Gasteiger partial charge in [0.1, 0.15) is 24.0 Å². The summed E-state index contributed by atoms with van der Waals surface area (Å²) in [4.78, 5) is 22.3. The molecule has 150 valence electrons. The minimum Gasteiger partial charge on any atom is -0.369 e. The zero-order chi connectivity index (χ0) is 20.8. The van der Waals surface area contributed by atoms with Crippen molar-refractivity contribution in [3.63, 3.8) is 0 Å². The number of anilines is 2. The van der Waals surface area contributed by atoms with E-state index in [1.54, 1.807) is 27.9 Å². The van der Waals surface area contributed by atoms with Crippen LogP contribution in [0, 0.1) is 5.82 Å². The Labute approximate surface area is 167 Å². The van der Waals surface area contributed by atoms with E-state index in [9.17, 15) is 14.3 Å². The number of rotatable bonds is 3. The summed E-state index contributed by atoms with van der Waals surface area (Å²) < 4.78 is 14.7. The monoisotopic (exact) mass is 396 g/mol. The number of nitrogens with one attached hydrogen (secondary N) is 1. The lowest BCUT2D eigenvalue weighted by molar-refractivity contribution is -0.115. The second kappa shape index (κ2) is 6.93. The van der Waals surface area contributed by atoms with Gasteiger partial charge in [-0.15, -0.1) is 0 Å². The first-order valence-corrected chi connectivity index (χ1v) is 9.16. The largest absolute Gasteiger partial charge is 0.369 e. The van der Waals surface area contributed by atoms with Gasteiger partial charge in [-0.2, -0.15) is 9.78 Å². The second-order valence-corrected chi connectivity index (χ2v) is 7.88. The van der Waals surface area contributed by atoms with Crippen LogP contribution in [0.3, 0.4) is 0 Å². The standard InChI is InChI=1S/C20H21FN6O2/c1-20(2,3)14-9-17-26(11-16(28)24-15-7-6-12(21)10-23-15)19(29)13-5-4-8-22-18(13)27(17)25-14/h4-10,19,29H,11H2,1-3H3,(H,23,24,28). The lowest BCUT2D eigenvalue weighted by atomic mass is 9.92. The summed E-state index contributed by atoms with van der Waals surface area (Å²) in [5.74, 6) is 0.435. The third-order valence-corrected chi connectivity index (χ3v) is 4.65. The summed E-state index contributed by atoms with van der Waals surface area (Å²) in [6.07, 6.45) is 1.59. The van der Waals surface area contributed by atoms with Crippen molar-refractivity contribution < 1.29 is 14.3 Å². The Balaban J connectivity index is 1.67. The van der Waals surface area contributed by atoms with Crippen LogP contribution in [-0.2, 0) is 10.2 Å². The number of nitrogens with zero attached hydrogens (tertiary/aromatic N) is 5.